The van der Waals surface area contributed by atoms with Gasteiger partial charge in [-0.05, 0) is 30.7 Å². The molecule has 0 saturated heterocycles. The van der Waals surface area contributed by atoms with E-state index in [1.54, 1.807) is 18.5 Å². The molecule has 114 valence electrons. The Bertz CT molecular complexity index is 995. The Kier molecular flexibility index (Phi) is 3.21. The first-order valence-corrected chi connectivity index (χ1v) is 8.32. The lowest BCUT2D eigenvalue weighted by molar-refractivity contribution is 0.599. The molecule has 6 nitrogen and oxygen atoms in total. The zero-order valence-electron chi connectivity index (χ0n) is 12.2. The van der Waals surface area contributed by atoms with Crippen LogP contribution in [0.1, 0.15) is 5.56 Å². The maximum Gasteiger partial charge on any atom is 0.195 e. The molecular weight excluding hydrogens is 307 g/mol. The van der Waals surface area contributed by atoms with E-state index in [4.69, 9.17) is 0 Å². The molecule has 0 aliphatic rings. The molecule has 0 aliphatic carbocycles. The fourth-order valence-electron chi connectivity index (χ4n) is 2.24. The topological polar surface area (TPSA) is 77.7 Å². The van der Waals surface area contributed by atoms with Crippen molar-refractivity contribution in [1.29, 1.82) is 0 Å². The first-order valence-electron chi connectivity index (χ1n) is 6.43. The first kappa shape index (κ1) is 14.6. The van der Waals surface area contributed by atoms with Crippen molar-refractivity contribution in [3.05, 3.63) is 35.9 Å². The number of aryl methyl sites for hydroxylation is 2. The number of hydrogen-bond donors (Lipinski definition) is 0. The molecule has 3 rings (SSSR count). The van der Waals surface area contributed by atoms with Crippen molar-refractivity contribution < 1.29 is 12.8 Å². The van der Waals surface area contributed by atoms with Gasteiger partial charge in [0.05, 0.1) is 6.33 Å². The highest BCUT2D eigenvalue weighted by Gasteiger charge is 2.21. The number of imidazole rings is 1. The van der Waals surface area contributed by atoms with Gasteiger partial charge in [-0.25, -0.2) is 27.8 Å². The molecular formula is C14H13FN4O2S. The molecule has 0 N–H and O–H groups in total. The number of halogens is 1. The van der Waals surface area contributed by atoms with Gasteiger partial charge in [-0.15, -0.1) is 0 Å². The predicted octanol–water partition coefficient (Wildman–Crippen LogP) is 1.88. The summed E-state index contributed by atoms with van der Waals surface area (Å²) in [5.41, 5.74) is 1.85. The number of sulfone groups is 1. The van der Waals surface area contributed by atoms with Crippen LogP contribution in [0.4, 0.5) is 4.39 Å². The zero-order chi connectivity index (χ0) is 16.1. The van der Waals surface area contributed by atoms with Crippen LogP contribution in [0.2, 0.25) is 0 Å². The summed E-state index contributed by atoms with van der Waals surface area (Å²) in [5.74, 6) is -0.139. The van der Waals surface area contributed by atoms with Crippen LogP contribution >= 0.6 is 0 Å². The van der Waals surface area contributed by atoms with Crippen LogP contribution in [0.5, 0.6) is 0 Å². The van der Waals surface area contributed by atoms with Crippen molar-refractivity contribution in [3.8, 4) is 11.4 Å². The molecule has 1 aromatic carbocycles. The summed E-state index contributed by atoms with van der Waals surface area (Å²) in [6.07, 6.45) is 2.56. The molecule has 8 heteroatoms. The summed E-state index contributed by atoms with van der Waals surface area (Å²) in [7, 11) is -1.85. The lowest BCUT2D eigenvalue weighted by atomic mass is 10.1. The van der Waals surface area contributed by atoms with E-state index < -0.39 is 9.84 Å². The van der Waals surface area contributed by atoms with E-state index in [0.717, 1.165) is 6.26 Å². The van der Waals surface area contributed by atoms with Gasteiger partial charge in [0.15, 0.2) is 26.3 Å². The number of aromatic nitrogens is 4. The fraction of sp³-hybridized carbons (Fsp3) is 0.214. The second-order valence-corrected chi connectivity index (χ2v) is 7.04. The van der Waals surface area contributed by atoms with Gasteiger partial charge >= 0.3 is 0 Å². The highest BCUT2D eigenvalue weighted by atomic mass is 32.2. The third-order valence-corrected chi connectivity index (χ3v) is 4.30. The van der Waals surface area contributed by atoms with E-state index in [2.05, 4.69) is 15.0 Å². The van der Waals surface area contributed by atoms with Crippen molar-refractivity contribution in [2.75, 3.05) is 6.26 Å². The SMILES string of the molecule is Cc1cc(F)ccc1-c1nc(S(C)(=O)=O)c2ncn(C)c2n1. The average Bonchev–Trinajstić information content (AvgIpc) is 2.78. The van der Waals surface area contributed by atoms with E-state index in [-0.39, 0.29) is 22.2 Å². The Morgan fingerprint density at radius 3 is 2.59 bits per heavy atom. The Hall–Kier alpha value is -2.35. The minimum Gasteiger partial charge on any atom is -0.318 e. The molecule has 0 saturated carbocycles. The number of rotatable bonds is 2. The van der Waals surface area contributed by atoms with Gasteiger partial charge < -0.3 is 4.57 Å². The van der Waals surface area contributed by atoms with Gasteiger partial charge in [0.2, 0.25) is 0 Å². The lowest BCUT2D eigenvalue weighted by Gasteiger charge is -2.07. The standard InChI is InChI=1S/C14H13FN4O2S/c1-8-6-9(15)4-5-10(8)12-17-13-11(16-7-19(13)2)14(18-12)22(3,20)21/h4-7H,1-3H3. The molecule has 3 aromatic rings. The monoisotopic (exact) mass is 320 g/mol. The molecule has 0 aliphatic heterocycles. The first-order chi connectivity index (χ1) is 10.3. The summed E-state index contributed by atoms with van der Waals surface area (Å²) in [6, 6.07) is 4.18. The van der Waals surface area contributed by atoms with Crippen LogP contribution in [0.15, 0.2) is 29.6 Å². The van der Waals surface area contributed by atoms with E-state index in [0.29, 0.717) is 16.8 Å². The van der Waals surface area contributed by atoms with Crippen molar-refractivity contribution in [1.82, 2.24) is 19.5 Å². The highest BCUT2D eigenvalue weighted by Crippen LogP contribution is 2.25. The van der Waals surface area contributed by atoms with Crippen molar-refractivity contribution in [3.63, 3.8) is 0 Å². The van der Waals surface area contributed by atoms with Gasteiger partial charge in [0.1, 0.15) is 11.3 Å². The van der Waals surface area contributed by atoms with Gasteiger partial charge in [0, 0.05) is 18.9 Å². The number of fused-ring (bicyclic) bond motifs is 1. The molecule has 2 heterocycles. The highest BCUT2D eigenvalue weighted by molar-refractivity contribution is 7.90. The van der Waals surface area contributed by atoms with Crippen LogP contribution < -0.4 is 0 Å². The molecule has 0 atom stereocenters. The van der Waals surface area contributed by atoms with Gasteiger partial charge in [-0.3, -0.25) is 0 Å². The number of hydrogen-bond acceptors (Lipinski definition) is 5. The molecule has 22 heavy (non-hydrogen) atoms. The van der Waals surface area contributed by atoms with Crippen LogP contribution in [0, 0.1) is 12.7 Å². The molecule has 0 spiro atoms. The molecule has 2 aromatic heterocycles. The molecule has 0 amide bonds. The fourth-order valence-corrected chi connectivity index (χ4v) is 2.99. The predicted molar refractivity (Wildman–Crippen MR) is 79.5 cm³/mol. The molecule has 0 fully saturated rings. The van der Waals surface area contributed by atoms with E-state index in [9.17, 15) is 12.8 Å². The Labute approximate surface area is 126 Å². The Morgan fingerprint density at radius 2 is 1.95 bits per heavy atom. The van der Waals surface area contributed by atoms with Gasteiger partial charge in [-0.1, -0.05) is 0 Å². The number of benzene rings is 1. The van der Waals surface area contributed by atoms with E-state index >= 15 is 0 Å². The molecule has 0 radical (unpaired) electrons. The normalized spacial score (nSPS) is 12.0. The summed E-state index contributed by atoms with van der Waals surface area (Å²) in [5, 5.41) is -0.128. The lowest BCUT2D eigenvalue weighted by Crippen LogP contribution is -2.06. The second-order valence-electron chi connectivity index (χ2n) is 5.11. The Balaban J connectivity index is 2.38. The van der Waals surface area contributed by atoms with E-state index in [1.165, 1.54) is 24.5 Å². The van der Waals surface area contributed by atoms with Gasteiger partial charge in [0.25, 0.3) is 0 Å². The van der Waals surface area contributed by atoms with Crippen LogP contribution in [0.25, 0.3) is 22.6 Å². The smallest absolute Gasteiger partial charge is 0.195 e. The molecule has 0 unspecified atom stereocenters. The summed E-state index contributed by atoms with van der Waals surface area (Å²) < 4.78 is 38.8. The summed E-state index contributed by atoms with van der Waals surface area (Å²) >= 11 is 0. The zero-order valence-corrected chi connectivity index (χ0v) is 13.0. The maximum absolute atomic E-state index is 13.2. The largest absolute Gasteiger partial charge is 0.318 e. The van der Waals surface area contributed by atoms with Crippen LogP contribution in [-0.2, 0) is 16.9 Å². The Morgan fingerprint density at radius 1 is 1.23 bits per heavy atom. The average molecular weight is 320 g/mol. The second kappa shape index (κ2) is 4.84. The van der Waals surface area contributed by atoms with Crippen LogP contribution in [-0.4, -0.2) is 34.2 Å². The maximum atomic E-state index is 13.2. The van der Waals surface area contributed by atoms with Crippen LogP contribution in [0.3, 0.4) is 0 Å². The van der Waals surface area contributed by atoms with E-state index in [1.807, 2.05) is 0 Å². The van der Waals surface area contributed by atoms with Gasteiger partial charge in [-0.2, -0.15) is 0 Å². The van der Waals surface area contributed by atoms with Crippen molar-refractivity contribution in [2.45, 2.75) is 11.9 Å². The third-order valence-electron chi connectivity index (χ3n) is 3.31. The minimum absolute atomic E-state index is 0.128. The number of nitrogens with zero attached hydrogens (tertiary/aromatic N) is 4. The summed E-state index contributed by atoms with van der Waals surface area (Å²) in [4.78, 5) is 12.6. The minimum atomic E-state index is -3.57. The molecule has 0 bridgehead atoms. The third kappa shape index (κ3) is 2.35. The van der Waals surface area contributed by atoms with Crippen molar-refractivity contribution >= 4 is 21.0 Å². The quantitative estimate of drug-likeness (QED) is 0.674. The van der Waals surface area contributed by atoms with Crippen molar-refractivity contribution in [2.24, 2.45) is 7.05 Å². The summed E-state index contributed by atoms with van der Waals surface area (Å²) in [6.45, 7) is 1.72.